The van der Waals surface area contributed by atoms with Gasteiger partial charge in [0.2, 0.25) is 6.79 Å². The quantitative estimate of drug-likeness (QED) is 0.728. The molecule has 2 aromatic rings. The topological polar surface area (TPSA) is 77.1 Å². The highest BCUT2D eigenvalue weighted by molar-refractivity contribution is 6.05. The van der Waals surface area contributed by atoms with Crippen molar-refractivity contribution in [3.05, 3.63) is 59.3 Å². The van der Waals surface area contributed by atoms with Crippen LogP contribution in [0.1, 0.15) is 29.8 Å². The first kappa shape index (κ1) is 20.3. The van der Waals surface area contributed by atoms with Crippen LogP contribution < -0.4 is 19.5 Å². The minimum Gasteiger partial charge on any atom is -0.497 e. The van der Waals surface area contributed by atoms with E-state index in [1.165, 1.54) is 0 Å². The fourth-order valence-electron chi connectivity index (χ4n) is 2.94. The molecule has 7 heteroatoms. The van der Waals surface area contributed by atoms with Gasteiger partial charge < -0.3 is 24.4 Å². The van der Waals surface area contributed by atoms with Gasteiger partial charge in [0.05, 0.1) is 7.11 Å². The molecule has 3 rings (SSSR count). The maximum Gasteiger partial charge on any atom is 0.270 e. The van der Waals surface area contributed by atoms with E-state index in [1.807, 2.05) is 19.9 Å². The van der Waals surface area contributed by atoms with Gasteiger partial charge in [-0.2, -0.15) is 0 Å². The Balaban J connectivity index is 1.89. The average molecular weight is 396 g/mol. The molecular formula is C22H24N2O5. The van der Waals surface area contributed by atoms with E-state index in [-0.39, 0.29) is 24.3 Å². The van der Waals surface area contributed by atoms with E-state index < -0.39 is 0 Å². The van der Waals surface area contributed by atoms with Crippen molar-refractivity contribution >= 4 is 17.9 Å². The van der Waals surface area contributed by atoms with Gasteiger partial charge in [-0.1, -0.05) is 6.07 Å². The largest absolute Gasteiger partial charge is 0.497 e. The molecule has 0 unspecified atom stereocenters. The smallest absolute Gasteiger partial charge is 0.270 e. The van der Waals surface area contributed by atoms with Crippen molar-refractivity contribution < 1.29 is 23.8 Å². The lowest BCUT2D eigenvalue weighted by Crippen LogP contribution is -2.38. The molecule has 0 radical (unpaired) electrons. The summed E-state index contributed by atoms with van der Waals surface area (Å²) in [6.45, 7) is 5.02. The minimum atomic E-state index is -0.375. The summed E-state index contributed by atoms with van der Waals surface area (Å²) in [4.78, 5) is 27.4. The van der Waals surface area contributed by atoms with Gasteiger partial charge in [-0.15, -0.1) is 0 Å². The Kier molecular flexibility index (Phi) is 6.39. The van der Waals surface area contributed by atoms with Gasteiger partial charge in [0.1, 0.15) is 11.4 Å². The third-order valence-corrected chi connectivity index (χ3v) is 4.59. The van der Waals surface area contributed by atoms with Crippen LogP contribution in [0.15, 0.2) is 48.2 Å². The standard InChI is InChI=1S/C22H24N2O5/c1-4-24(5-2)22(26)18(12-15-6-11-19-20(13-15)29-14-28-19)23-21(25)16-7-9-17(27-3)10-8-16/h6-13H,4-5,14H2,1-3H3,(H,23,25)/b18-12+. The normalized spacial score (nSPS) is 12.4. The van der Waals surface area contributed by atoms with Gasteiger partial charge >= 0.3 is 0 Å². The fraction of sp³-hybridized carbons (Fsp3) is 0.273. The maximum atomic E-state index is 13.0. The third kappa shape index (κ3) is 4.68. The second kappa shape index (κ2) is 9.14. The van der Waals surface area contributed by atoms with Crippen LogP contribution in [-0.2, 0) is 4.79 Å². The summed E-state index contributed by atoms with van der Waals surface area (Å²) in [5.74, 6) is 1.28. The maximum absolute atomic E-state index is 13.0. The van der Waals surface area contributed by atoms with Crippen LogP contribution in [0, 0.1) is 0 Å². The summed E-state index contributed by atoms with van der Waals surface area (Å²) in [6, 6.07) is 12.0. The van der Waals surface area contributed by atoms with E-state index in [9.17, 15) is 9.59 Å². The number of hydrogen-bond donors (Lipinski definition) is 1. The molecule has 29 heavy (non-hydrogen) atoms. The molecule has 0 saturated carbocycles. The highest BCUT2D eigenvalue weighted by atomic mass is 16.7. The van der Waals surface area contributed by atoms with Crippen molar-refractivity contribution in [3.63, 3.8) is 0 Å². The number of nitrogens with one attached hydrogen (secondary N) is 1. The molecule has 0 aromatic heterocycles. The van der Waals surface area contributed by atoms with Crippen molar-refractivity contribution in [2.45, 2.75) is 13.8 Å². The van der Waals surface area contributed by atoms with Gasteiger partial charge in [-0.05, 0) is 61.9 Å². The van der Waals surface area contributed by atoms with Gasteiger partial charge in [-0.25, -0.2) is 0 Å². The summed E-state index contributed by atoms with van der Waals surface area (Å²) in [5.41, 5.74) is 1.34. The predicted octanol–water partition coefficient (Wildman–Crippen LogP) is 3.06. The van der Waals surface area contributed by atoms with Crippen molar-refractivity contribution in [2.24, 2.45) is 0 Å². The summed E-state index contributed by atoms with van der Waals surface area (Å²) in [6.07, 6.45) is 1.64. The Morgan fingerprint density at radius 1 is 1.07 bits per heavy atom. The Hall–Kier alpha value is -3.48. The Labute approximate surface area is 169 Å². The summed E-state index contributed by atoms with van der Waals surface area (Å²) in [7, 11) is 1.56. The number of nitrogens with zero attached hydrogens (tertiary/aromatic N) is 1. The second-order valence-electron chi connectivity index (χ2n) is 6.33. The first-order chi connectivity index (χ1) is 14.0. The molecule has 7 nitrogen and oxygen atoms in total. The molecule has 2 aromatic carbocycles. The van der Waals surface area contributed by atoms with E-state index in [2.05, 4.69) is 5.32 Å². The number of ether oxygens (including phenoxy) is 3. The number of carbonyl (C=O) groups excluding carboxylic acids is 2. The molecule has 0 spiro atoms. The fourth-order valence-corrected chi connectivity index (χ4v) is 2.94. The number of hydrogen-bond acceptors (Lipinski definition) is 5. The van der Waals surface area contributed by atoms with Crippen LogP contribution in [0.3, 0.4) is 0 Å². The molecule has 1 N–H and O–H groups in total. The summed E-state index contributed by atoms with van der Waals surface area (Å²) in [5, 5.41) is 2.75. The van der Waals surface area contributed by atoms with Gasteiger partial charge in [0.15, 0.2) is 11.5 Å². The monoisotopic (exact) mass is 396 g/mol. The number of methoxy groups -OCH3 is 1. The molecule has 1 heterocycles. The number of fused-ring (bicyclic) bond motifs is 1. The van der Waals surface area contributed by atoms with Gasteiger partial charge in [-0.3, -0.25) is 9.59 Å². The van der Waals surface area contributed by atoms with Crippen LogP contribution in [0.2, 0.25) is 0 Å². The Bertz CT molecular complexity index is 917. The first-order valence-electron chi connectivity index (χ1n) is 9.41. The number of carbonyl (C=O) groups is 2. The average Bonchev–Trinajstić information content (AvgIpc) is 3.22. The molecular weight excluding hydrogens is 372 g/mol. The molecule has 0 bridgehead atoms. The van der Waals surface area contributed by atoms with Crippen molar-refractivity contribution in [2.75, 3.05) is 27.0 Å². The Morgan fingerprint density at radius 3 is 2.41 bits per heavy atom. The summed E-state index contributed by atoms with van der Waals surface area (Å²) < 4.78 is 15.8. The van der Waals surface area contributed by atoms with E-state index in [1.54, 1.807) is 54.5 Å². The van der Waals surface area contributed by atoms with E-state index in [4.69, 9.17) is 14.2 Å². The highest BCUT2D eigenvalue weighted by Crippen LogP contribution is 2.33. The zero-order valence-electron chi connectivity index (χ0n) is 16.7. The number of benzene rings is 2. The lowest BCUT2D eigenvalue weighted by molar-refractivity contribution is -0.127. The third-order valence-electron chi connectivity index (χ3n) is 4.59. The highest BCUT2D eigenvalue weighted by Gasteiger charge is 2.20. The molecule has 0 fully saturated rings. The molecule has 1 aliphatic heterocycles. The molecule has 0 saturated heterocycles. The van der Waals surface area contributed by atoms with Crippen molar-refractivity contribution in [1.29, 1.82) is 0 Å². The van der Waals surface area contributed by atoms with Crippen LogP contribution in [0.25, 0.3) is 6.08 Å². The van der Waals surface area contributed by atoms with Crippen LogP contribution in [0.5, 0.6) is 17.2 Å². The van der Waals surface area contributed by atoms with Crippen LogP contribution in [-0.4, -0.2) is 43.7 Å². The van der Waals surface area contributed by atoms with Crippen molar-refractivity contribution in [1.82, 2.24) is 10.2 Å². The lowest BCUT2D eigenvalue weighted by Gasteiger charge is -2.21. The number of rotatable bonds is 7. The van der Waals surface area contributed by atoms with Crippen LogP contribution >= 0.6 is 0 Å². The molecule has 0 aliphatic carbocycles. The molecule has 2 amide bonds. The molecule has 1 aliphatic rings. The van der Waals surface area contributed by atoms with Gasteiger partial charge in [0, 0.05) is 18.7 Å². The minimum absolute atomic E-state index is 0.169. The lowest BCUT2D eigenvalue weighted by atomic mass is 10.1. The first-order valence-corrected chi connectivity index (χ1v) is 9.41. The summed E-state index contributed by atoms with van der Waals surface area (Å²) >= 11 is 0. The zero-order chi connectivity index (χ0) is 20.8. The zero-order valence-corrected chi connectivity index (χ0v) is 16.7. The number of likely N-dealkylation sites (N-methyl/N-ethyl adjacent to an activating group) is 1. The van der Waals surface area contributed by atoms with E-state index >= 15 is 0 Å². The molecule has 152 valence electrons. The van der Waals surface area contributed by atoms with Crippen LogP contribution in [0.4, 0.5) is 0 Å². The van der Waals surface area contributed by atoms with Crippen molar-refractivity contribution in [3.8, 4) is 17.2 Å². The Morgan fingerprint density at radius 2 is 1.76 bits per heavy atom. The SMILES string of the molecule is CCN(CC)C(=O)/C(=C\c1ccc2c(c1)OCO2)NC(=O)c1ccc(OC)cc1. The molecule has 0 atom stereocenters. The van der Waals surface area contributed by atoms with E-state index in [0.717, 1.165) is 5.56 Å². The second-order valence-corrected chi connectivity index (χ2v) is 6.33. The predicted molar refractivity (Wildman–Crippen MR) is 109 cm³/mol. The van der Waals surface area contributed by atoms with E-state index in [0.29, 0.717) is 35.9 Å². The van der Waals surface area contributed by atoms with Gasteiger partial charge in [0.25, 0.3) is 11.8 Å². The number of amides is 2.